The van der Waals surface area contributed by atoms with Gasteiger partial charge in [-0.15, -0.1) is 0 Å². The molecule has 1 aliphatic heterocycles. The van der Waals surface area contributed by atoms with Gasteiger partial charge in [0.1, 0.15) is 0 Å². The molecule has 0 aliphatic carbocycles. The molecule has 17 heavy (non-hydrogen) atoms. The molecule has 1 aliphatic rings. The molecule has 1 aromatic rings. The van der Waals surface area contributed by atoms with E-state index >= 15 is 0 Å². The van der Waals surface area contributed by atoms with E-state index in [1.54, 1.807) is 25.3 Å². The third-order valence-electron chi connectivity index (χ3n) is 3.01. The molecule has 0 bridgehead atoms. The van der Waals surface area contributed by atoms with Crippen LogP contribution in [0.2, 0.25) is 5.02 Å². The van der Waals surface area contributed by atoms with Crippen molar-refractivity contribution in [2.45, 2.75) is 12.5 Å². The second-order valence-corrected chi connectivity index (χ2v) is 4.50. The maximum absolute atomic E-state index is 11.1. The Morgan fingerprint density at radius 2 is 2.35 bits per heavy atom. The van der Waals surface area contributed by atoms with E-state index in [4.69, 9.17) is 21.4 Å². The molecule has 1 atom stereocenters. The highest BCUT2D eigenvalue weighted by Crippen LogP contribution is 2.28. The van der Waals surface area contributed by atoms with Gasteiger partial charge in [-0.3, -0.25) is 0 Å². The molecule has 0 radical (unpaired) electrons. The molecule has 4 nitrogen and oxygen atoms in total. The van der Waals surface area contributed by atoms with Crippen LogP contribution in [0.3, 0.4) is 0 Å². The summed E-state index contributed by atoms with van der Waals surface area (Å²) in [6, 6.07) is 4.83. The fourth-order valence-corrected chi connectivity index (χ4v) is 2.25. The molecule has 1 saturated heterocycles. The van der Waals surface area contributed by atoms with Crippen LogP contribution in [0.1, 0.15) is 16.8 Å². The van der Waals surface area contributed by atoms with Crippen LogP contribution in [-0.4, -0.2) is 37.4 Å². The molecule has 92 valence electrons. The number of carbonyl (C=O) groups is 1. The Balaban J connectivity index is 2.31. The number of methoxy groups -OCH3 is 1. The van der Waals surface area contributed by atoms with Crippen molar-refractivity contribution in [2.75, 3.05) is 25.1 Å². The van der Waals surface area contributed by atoms with E-state index < -0.39 is 5.97 Å². The lowest BCUT2D eigenvalue weighted by atomic mass is 10.1. The van der Waals surface area contributed by atoms with E-state index in [1.807, 2.05) is 4.90 Å². The van der Waals surface area contributed by atoms with Gasteiger partial charge in [-0.1, -0.05) is 11.6 Å². The number of hydrogen-bond acceptors (Lipinski definition) is 3. The van der Waals surface area contributed by atoms with Gasteiger partial charge in [0.25, 0.3) is 0 Å². The minimum atomic E-state index is -0.933. The van der Waals surface area contributed by atoms with E-state index in [0.29, 0.717) is 17.3 Å². The van der Waals surface area contributed by atoms with Crippen molar-refractivity contribution in [1.82, 2.24) is 0 Å². The zero-order valence-corrected chi connectivity index (χ0v) is 10.3. The second-order valence-electron chi connectivity index (χ2n) is 4.06. The molecule has 0 aromatic heterocycles. The number of benzene rings is 1. The Bertz CT molecular complexity index is 436. The molecule has 2 rings (SSSR count). The van der Waals surface area contributed by atoms with Crippen molar-refractivity contribution in [3.05, 3.63) is 28.8 Å². The van der Waals surface area contributed by atoms with Crippen molar-refractivity contribution in [2.24, 2.45) is 0 Å². The molecule has 5 heteroatoms. The Morgan fingerprint density at radius 1 is 1.59 bits per heavy atom. The van der Waals surface area contributed by atoms with Gasteiger partial charge >= 0.3 is 5.97 Å². The van der Waals surface area contributed by atoms with Gasteiger partial charge in [-0.25, -0.2) is 4.79 Å². The van der Waals surface area contributed by atoms with E-state index in [2.05, 4.69) is 0 Å². The third kappa shape index (κ3) is 2.53. The van der Waals surface area contributed by atoms with E-state index in [9.17, 15) is 4.79 Å². The summed E-state index contributed by atoms with van der Waals surface area (Å²) < 4.78 is 5.27. The smallest absolute Gasteiger partial charge is 0.337 e. The monoisotopic (exact) mass is 255 g/mol. The van der Waals surface area contributed by atoms with Gasteiger partial charge in [-0.05, 0) is 24.6 Å². The highest BCUT2D eigenvalue weighted by atomic mass is 35.5. The summed E-state index contributed by atoms with van der Waals surface area (Å²) in [5.74, 6) is -0.933. The zero-order chi connectivity index (χ0) is 12.4. The normalized spacial score (nSPS) is 19.6. The highest BCUT2D eigenvalue weighted by Gasteiger charge is 2.25. The highest BCUT2D eigenvalue weighted by molar-refractivity contribution is 6.31. The number of hydrogen-bond donors (Lipinski definition) is 1. The number of nitrogens with zero attached hydrogens (tertiary/aromatic N) is 1. The van der Waals surface area contributed by atoms with Crippen molar-refractivity contribution in [1.29, 1.82) is 0 Å². The lowest BCUT2D eigenvalue weighted by Gasteiger charge is -2.20. The first-order valence-electron chi connectivity index (χ1n) is 5.42. The van der Waals surface area contributed by atoms with Crippen molar-refractivity contribution in [3.8, 4) is 0 Å². The summed E-state index contributed by atoms with van der Waals surface area (Å²) in [5, 5.41) is 9.69. The van der Waals surface area contributed by atoms with Gasteiger partial charge in [0.05, 0.1) is 17.4 Å². The largest absolute Gasteiger partial charge is 0.478 e. The van der Waals surface area contributed by atoms with Crippen LogP contribution in [-0.2, 0) is 4.74 Å². The predicted octanol–water partition coefficient (Wildman–Crippen LogP) is 2.26. The molecule has 0 saturated carbocycles. The first kappa shape index (κ1) is 12.2. The van der Waals surface area contributed by atoms with Crippen molar-refractivity contribution >= 4 is 23.3 Å². The Kier molecular flexibility index (Phi) is 3.54. The zero-order valence-electron chi connectivity index (χ0n) is 9.52. The number of carboxylic acids is 1. The molecule has 0 spiro atoms. The number of anilines is 1. The average Bonchev–Trinajstić information content (AvgIpc) is 2.76. The summed E-state index contributed by atoms with van der Waals surface area (Å²) in [7, 11) is 1.67. The summed E-state index contributed by atoms with van der Waals surface area (Å²) >= 11 is 5.92. The van der Waals surface area contributed by atoms with Crippen LogP contribution in [0, 0.1) is 0 Å². The van der Waals surface area contributed by atoms with Crippen LogP contribution in [0.4, 0.5) is 5.69 Å². The fraction of sp³-hybridized carbons (Fsp3) is 0.417. The van der Waals surface area contributed by atoms with Gasteiger partial charge in [-0.2, -0.15) is 0 Å². The minimum Gasteiger partial charge on any atom is -0.478 e. The molecular weight excluding hydrogens is 242 g/mol. The van der Waals surface area contributed by atoms with Gasteiger partial charge in [0.2, 0.25) is 0 Å². The van der Waals surface area contributed by atoms with Gasteiger partial charge < -0.3 is 14.7 Å². The minimum absolute atomic E-state index is 0.163. The van der Waals surface area contributed by atoms with Crippen molar-refractivity contribution in [3.63, 3.8) is 0 Å². The number of rotatable bonds is 3. The fourth-order valence-electron chi connectivity index (χ4n) is 2.09. The maximum atomic E-state index is 11.1. The van der Waals surface area contributed by atoms with Crippen molar-refractivity contribution < 1.29 is 14.6 Å². The first-order chi connectivity index (χ1) is 8.11. The Labute approximate surface area is 105 Å². The number of carboxylic acid groups (broad SMARTS) is 1. The summed E-state index contributed by atoms with van der Waals surface area (Å²) in [4.78, 5) is 13.1. The van der Waals surface area contributed by atoms with E-state index in [-0.39, 0.29) is 11.7 Å². The maximum Gasteiger partial charge on any atom is 0.337 e. The standard InChI is InChI=1S/C12H14ClNO3/c1-17-9-4-5-14(7-9)11-6-8(13)2-3-10(11)12(15)16/h2-3,6,9H,4-5,7H2,1H3,(H,15,16). The molecule has 1 unspecified atom stereocenters. The predicted molar refractivity (Wildman–Crippen MR) is 66.0 cm³/mol. The second kappa shape index (κ2) is 4.94. The molecular formula is C12H14ClNO3. The SMILES string of the molecule is COC1CCN(c2cc(Cl)ccc2C(=O)O)C1. The molecule has 1 N–H and O–H groups in total. The van der Waals surface area contributed by atoms with Crippen LogP contribution >= 0.6 is 11.6 Å². The van der Waals surface area contributed by atoms with Crippen LogP contribution in [0.15, 0.2) is 18.2 Å². The van der Waals surface area contributed by atoms with Crippen LogP contribution in [0.25, 0.3) is 0 Å². The molecule has 0 amide bonds. The first-order valence-corrected chi connectivity index (χ1v) is 5.80. The summed E-state index contributed by atoms with van der Waals surface area (Å²) in [5.41, 5.74) is 0.954. The van der Waals surface area contributed by atoms with E-state index in [0.717, 1.165) is 13.0 Å². The average molecular weight is 256 g/mol. The molecule has 1 heterocycles. The van der Waals surface area contributed by atoms with E-state index in [1.165, 1.54) is 0 Å². The summed E-state index contributed by atoms with van der Waals surface area (Å²) in [6.45, 7) is 1.50. The third-order valence-corrected chi connectivity index (χ3v) is 3.24. The lowest BCUT2D eigenvalue weighted by molar-refractivity contribution is 0.0697. The number of aromatic carboxylic acids is 1. The van der Waals surface area contributed by atoms with Gasteiger partial charge in [0, 0.05) is 25.2 Å². The quantitative estimate of drug-likeness (QED) is 0.900. The number of ether oxygens (including phenoxy) is 1. The van der Waals surface area contributed by atoms with Gasteiger partial charge in [0.15, 0.2) is 0 Å². The molecule has 1 aromatic carbocycles. The summed E-state index contributed by atoms with van der Waals surface area (Å²) in [6.07, 6.45) is 1.07. The Morgan fingerprint density at radius 3 is 2.94 bits per heavy atom. The topological polar surface area (TPSA) is 49.8 Å². The van der Waals surface area contributed by atoms with Crippen LogP contribution < -0.4 is 4.90 Å². The lowest BCUT2D eigenvalue weighted by Crippen LogP contribution is -2.24. The Hall–Kier alpha value is -1.26. The molecule has 1 fully saturated rings. The van der Waals surface area contributed by atoms with Crippen LogP contribution in [0.5, 0.6) is 0 Å². The number of halogens is 1.